The number of nitrogens with zero attached hydrogens (tertiary/aromatic N) is 2. The molecule has 2 heterocycles. The van der Waals surface area contributed by atoms with Crippen LogP contribution in [0.5, 0.6) is 0 Å². The number of anilines is 1. The van der Waals surface area contributed by atoms with Gasteiger partial charge in [-0.15, -0.1) is 6.58 Å². The summed E-state index contributed by atoms with van der Waals surface area (Å²) in [5, 5.41) is 4.05. The van der Waals surface area contributed by atoms with Gasteiger partial charge in [0.1, 0.15) is 11.0 Å². The molecule has 0 atom stereocenters. The Bertz CT molecular complexity index is 1390. The van der Waals surface area contributed by atoms with Crippen molar-refractivity contribution in [2.45, 2.75) is 11.7 Å². The molecule has 32 heavy (non-hydrogen) atoms. The van der Waals surface area contributed by atoms with Crippen LogP contribution in [-0.4, -0.2) is 39.3 Å². The zero-order chi connectivity index (χ0) is 22.7. The van der Waals surface area contributed by atoms with Crippen molar-refractivity contribution in [2.75, 3.05) is 18.2 Å². The van der Waals surface area contributed by atoms with Crippen molar-refractivity contribution in [3.63, 3.8) is 0 Å². The molecule has 0 fully saturated rings. The molecule has 0 aliphatic carbocycles. The van der Waals surface area contributed by atoms with Crippen molar-refractivity contribution in [3.05, 3.63) is 77.1 Å². The lowest BCUT2D eigenvalue weighted by molar-refractivity contribution is -0.113. The number of allylic oxidation sites excluding steroid dienone is 1. The fourth-order valence-corrected chi connectivity index (χ4v) is 4.11. The summed E-state index contributed by atoms with van der Waals surface area (Å²) in [7, 11) is 1.31. The van der Waals surface area contributed by atoms with E-state index in [1.807, 2.05) is 24.3 Å². The third-order valence-corrected chi connectivity index (χ3v) is 5.79. The Morgan fingerprint density at radius 1 is 1.22 bits per heavy atom. The second-order valence-corrected chi connectivity index (χ2v) is 7.84. The van der Waals surface area contributed by atoms with Crippen LogP contribution < -0.4 is 10.9 Å². The van der Waals surface area contributed by atoms with E-state index in [0.717, 1.165) is 10.9 Å². The van der Waals surface area contributed by atoms with Gasteiger partial charge in [-0.1, -0.05) is 36.0 Å². The van der Waals surface area contributed by atoms with Crippen LogP contribution in [0.25, 0.3) is 21.9 Å². The molecule has 2 aromatic heterocycles. The Balaban J connectivity index is 1.56. The molecule has 0 radical (unpaired) electrons. The summed E-state index contributed by atoms with van der Waals surface area (Å²) in [6.45, 7) is 3.99. The predicted molar refractivity (Wildman–Crippen MR) is 125 cm³/mol. The van der Waals surface area contributed by atoms with Crippen molar-refractivity contribution in [1.82, 2.24) is 14.5 Å². The molecule has 0 aliphatic rings. The van der Waals surface area contributed by atoms with Crippen LogP contribution in [-0.2, 0) is 16.1 Å². The third kappa shape index (κ3) is 4.15. The lowest BCUT2D eigenvalue weighted by atomic mass is 10.2. The first-order valence-corrected chi connectivity index (χ1v) is 10.7. The monoisotopic (exact) mass is 448 g/mol. The standard InChI is InChI=1S/C23H20N4O4S/c1-3-12-27-21(29)20-19(16-6-4-5-7-17(16)25-20)26-23(27)32-13-18(28)24-15-10-8-14(9-11-15)22(30)31-2/h3-11,25H,1,12-13H2,2H3,(H,24,28). The number of H-pyrrole nitrogens is 1. The highest BCUT2D eigenvalue weighted by Crippen LogP contribution is 2.24. The van der Waals surface area contributed by atoms with Crippen LogP contribution in [0.4, 0.5) is 5.69 Å². The van der Waals surface area contributed by atoms with Crippen LogP contribution in [0.15, 0.2) is 71.1 Å². The first kappa shape index (κ1) is 21.4. The SMILES string of the molecule is C=CCn1c(SCC(=O)Nc2ccc(C(=O)OC)cc2)nc2c([nH]c3ccccc32)c1=O. The maximum atomic E-state index is 13.0. The van der Waals surface area contributed by atoms with Gasteiger partial charge in [0, 0.05) is 23.1 Å². The van der Waals surface area contributed by atoms with Crippen LogP contribution in [0, 0.1) is 0 Å². The van der Waals surface area contributed by atoms with E-state index >= 15 is 0 Å². The lowest BCUT2D eigenvalue weighted by Gasteiger charge is -2.10. The van der Waals surface area contributed by atoms with Crippen molar-refractivity contribution < 1.29 is 14.3 Å². The van der Waals surface area contributed by atoms with Crippen LogP contribution in [0.3, 0.4) is 0 Å². The van der Waals surface area contributed by atoms with Crippen LogP contribution in [0.2, 0.25) is 0 Å². The van der Waals surface area contributed by atoms with Gasteiger partial charge in [0.25, 0.3) is 5.56 Å². The quantitative estimate of drug-likeness (QED) is 0.194. The number of thioether (sulfide) groups is 1. The minimum Gasteiger partial charge on any atom is -0.465 e. The van der Waals surface area contributed by atoms with Crippen molar-refractivity contribution in [1.29, 1.82) is 0 Å². The van der Waals surface area contributed by atoms with E-state index < -0.39 is 5.97 Å². The van der Waals surface area contributed by atoms with E-state index in [1.54, 1.807) is 30.3 Å². The summed E-state index contributed by atoms with van der Waals surface area (Å²) >= 11 is 1.17. The zero-order valence-corrected chi connectivity index (χ0v) is 18.1. The van der Waals surface area contributed by atoms with E-state index in [2.05, 4.69) is 26.6 Å². The molecule has 9 heteroatoms. The number of aromatic amines is 1. The van der Waals surface area contributed by atoms with Gasteiger partial charge >= 0.3 is 5.97 Å². The minimum absolute atomic E-state index is 0.0518. The number of para-hydroxylation sites is 1. The van der Waals surface area contributed by atoms with Gasteiger partial charge in [-0.3, -0.25) is 14.2 Å². The van der Waals surface area contributed by atoms with E-state index in [1.165, 1.54) is 23.4 Å². The second kappa shape index (κ2) is 9.11. The molecule has 0 saturated heterocycles. The van der Waals surface area contributed by atoms with Gasteiger partial charge < -0.3 is 15.0 Å². The van der Waals surface area contributed by atoms with Crippen molar-refractivity contribution in [2.24, 2.45) is 0 Å². The average molecular weight is 449 g/mol. The minimum atomic E-state index is -0.447. The molecular weight excluding hydrogens is 428 g/mol. The topological polar surface area (TPSA) is 106 Å². The molecule has 0 saturated carbocycles. The number of carbonyl (C=O) groups is 2. The molecule has 4 aromatic rings. The predicted octanol–water partition coefficient (Wildman–Crippen LogP) is 3.58. The van der Waals surface area contributed by atoms with Crippen LogP contribution in [0.1, 0.15) is 10.4 Å². The van der Waals surface area contributed by atoms with Gasteiger partial charge in [-0.2, -0.15) is 0 Å². The Morgan fingerprint density at radius 3 is 2.69 bits per heavy atom. The van der Waals surface area contributed by atoms with E-state index in [4.69, 9.17) is 0 Å². The molecule has 0 unspecified atom stereocenters. The molecule has 2 aromatic carbocycles. The molecular formula is C23H20N4O4S. The third-order valence-electron chi connectivity index (χ3n) is 4.81. The average Bonchev–Trinajstić information content (AvgIpc) is 3.19. The van der Waals surface area contributed by atoms with Crippen LogP contribution >= 0.6 is 11.8 Å². The first-order chi connectivity index (χ1) is 15.5. The molecule has 4 rings (SSSR count). The summed E-state index contributed by atoms with van der Waals surface area (Å²) in [5.74, 6) is -0.660. The molecule has 2 N–H and O–H groups in total. The number of methoxy groups -OCH3 is 1. The highest BCUT2D eigenvalue weighted by molar-refractivity contribution is 7.99. The fraction of sp³-hybridized carbons (Fsp3) is 0.130. The Hall–Kier alpha value is -3.85. The maximum Gasteiger partial charge on any atom is 0.337 e. The lowest BCUT2D eigenvalue weighted by Crippen LogP contribution is -2.23. The summed E-state index contributed by atoms with van der Waals surface area (Å²) in [5.41, 5.74) is 2.55. The largest absolute Gasteiger partial charge is 0.465 e. The number of esters is 1. The number of rotatable bonds is 7. The normalized spacial score (nSPS) is 10.9. The number of amides is 1. The fourth-order valence-electron chi connectivity index (χ4n) is 3.31. The molecule has 1 amide bonds. The molecule has 8 nitrogen and oxygen atoms in total. The Labute approximate surface area is 187 Å². The number of carbonyl (C=O) groups excluding carboxylic acids is 2. The summed E-state index contributed by atoms with van der Waals surface area (Å²) in [6.07, 6.45) is 1.62. The summed E-state index contributed by atoms with van der Waals surface area (Å²) in [4.78, 5) is 44.9. The second-order valence-electron chi connectivity index (χ2n) is 6.90. The molecule has 0 bridgehead atoms. The Kier molecular flexibility index (Phi) is 6.09. The maximum absolute atomic E-state index is 13.0. The van der Waals surface area contributed by atoms with Gasteiger partial charge in [0.05, 0.1) is 18.4 Å². The highest BCUT2D eigenvalue weighted by atomic mass is 32.2. The molecule has 0 spiro atoms. The highest BCUT2D eigenvalue weighted by Gasteiger charge is 2.16. The molecule has 0 aliphatic heterocycles. The van der Waals surface area contributed by atoms with Crippen molar-refractivity contribution >= 4 is 51.3 Å². The number of hydrogen-bond donors (Lipinski definition) is 2. The van der Waals surface area contributed by atoms with E-state index in [9.17, 15) is 14.4 Å². The van der Waals surface area contributed by atoms with Gasteiger partial charge in [-0.05, 0) is 30.3 Å². The van der Waals surface area contributed by atoms with Crippen molar-refractivity contribution in [3.8, 4) is 0 Å². The number of ether oxygens (including phenoxy) is 1. The smallest absolute Gasteiger partial charge is 0.337 e. The number of nitrogens with one attached hydrogen (secondary N) is 2. The number of fused-ring (bicyclic) bond motifs is 3. The number of benzene rings is 2. The summed E-state index contributed by atoms with van der Waals surface area (Å²) in [6, 6.07) is 14.0. The van der Waals surface area contributed by atoms with E-state index in [0.29, 0.717) is 27.4 Å². The number of hydrogen-bond acceptors (Lipinski definition) is 6. The zero-order valence-electron chi connectivity index (χ0n) is 17.3. The molecule has 162 valence electrons. The van der Waals surface area contributed by atoms with E-state index in [-0.39, 0.29) is 23.8 Å². The Morgan fingerprint density at radius 2 is 1.97 bits per heavy atom. The van der Waals surface area contributed by atoms with Gasteiger partial charge in [0.2, 0.25) is 5.91 Å². The van der Waals surface area contributed by atoms with Gasteiger partial charge in [0.15, 0.2) is 5.16 Å². The number of aromatic nitrogens is 3. The first-order valence-electron chi connectivity index (χ1n) is 9.75. The summed E-state index contributed by atoms with van der Waals surface area (Å²) < 4.78 is 6.16. The van der Waals surface area contributed by atoms with Gasteiger partial charge in [-0.25, -0.2) is 9.78 Å².